The highest BCUT2D eigenvalue weighted by Gasteiger charge is 2.04. The molecule has 188 valence electrons. The van der Waals surface area contributed by atoms with E-state index in [0.717, 1.165) is 13.1 Å². The molecule has 0 aliphatic heterocycles. The van der Waals surface area contributed by atoms with Gasteiger partial charge in [-0.2, -0.15) is 0 Å². The Morgan fingerprint density at radius 2 is 0.613 bits per heavy atom. The summed E-state index contributed by atoms with van der Waals surface area (Å²) in [6.07, 6.45) is 30.7. The fourth-order valence-electron chi connectivity index (χ4n) is 4.53. The van der Waals surface area contributed by atoms with Gasteiger partial charge in [-0.1, -0.05) is 116 Å². The fraction of sp³-hybridized carbons (Fsp3) is 1.00. The van der Waals surface area contributed by atoms with E-state index in [1.807, 2.05) is 0 Å². The zero-order valence-electron chi connectivity index (χ0n) is 21.7. The highest BCUT2D eigenvalue weighted by Crippen LogP contribution is 2.14. The Balaban J connectivity index is 3.44. The maximum absolute atomic E-state index is 5.68. The van der Waals surface area contributed by atoms with Gasteiger partial charge in [0.25, 0.3) is 0 Å². The molecule has 0 aliphatic rings. The molecule has 0 aromatic rings. The van der Waals surface area contributed by atoms with E-state index in [-0.39, 0.29) is 0 Å². The third kappa shape index (κ3) is 26.0. The van der Waals surface area contributed by atoms with Crippen molar-refractivity contribution in [2.75, 3.05) is 32.7 Å². The number of rotatable bonds is 27. The summed E-state index contributed by atoms with van der Waals surface area (Å²) in [5.41, 5.74) is 11.3. The molecule has 0 aliphatic carbocycles. The first-order chi connectivity index (χ1) is 15.3. The van der Waals surface area contributed by atoms with Crippen molar-refractivity contribution < 1.29 is 0 Å². The molecule has 0 atom stereocenters. The predicted molar refractivity (Wildman–Crippen MR) is 142 cm³/mol. The van der Waals surface area contributed by atoms with Crippen LogP contribution in [-0.2, 0) is 0 Å². The number of nitrogens with two attached hydrogens (primary N) is 2. The molecule has 3 nitrogen and oxygen atoms in total. The lowest BCUT2D eigenvalue weighted by molar-refractivity contribution is 0.256. The fourth-order valence-corrected chi connectivity index (χ4v) is 4.53. The lowest BCUT2D eigenvalue weighted by Gasteiger charge is -2.22. The molecule has 0 unspecified atom stereocenters. The molecule has 0 saturated carbocycles. The Labute approximate surface area is 197 Å². The molecule has 3 heteroatoms. The van der Waals surface area contributed by atoms with Gasteiger partial charge in [0, 0.05) is 0 Å². The quantitative estimate of drug-likeness (QED) is 0.128. The Morgan fingerprint density at radius 3 is 0.968 bits per heavy atom. The second-order valence-electron chi connectivity index (χ2n) is 9.84. The van der Waals surface area contributed by atoms with Gasteiger partial charge in [0.2, 0.25) is 0 Å². The molecule has 0 aromatic heterocycles. The highest BCUT2D eigenvalue weighted by atomic mass is 15.1. The molecule has 0 heterocycles. The summed E-state index contributed by atoms with van der Waals surface area (Å²) in [7, 11) is 0. The van der Waals surface area contributed by atoms with Gasteiger partial charge in [-0.15, -0.1) is 0 Å². The molecule has 31 heavy (non-hydrogen) atoms. The number of hydrogen-bond donors (Lipinski definition) is 2. The molecule has 0 bridgehead atoms. The van der Waals surface area contributed by atoms with Crippen molar-refractivity contribution in [1.82, 2.24) is 4.90 Å². The molecule has 0 saturated heterocycles. The highest BCUT2D eigenvalue weighted by molar-refractivity contribution is 4.60. The molecular weight excluding hydrogens is 378 g/mol. The van der Waals surface area contributed by atoms with Crippen LogP contribution in [0.15, 0.2) is 0 Å². The molecular formula is C28H61N3. The van der Waals surface area contributed by atoms with E-state index < -0.39 is 0 Å². The number of unbranched alkanes of at least 4 members (excludes halogenated alkanes) is 19. The van der Waals surface area contributed by atoms with Gasteiger partial charge in [-0.25, -0.2) is 0 Å². The number of hydrogen-bond acceptors (Lipinski definition) is 3. The van der Waals surface area contributed by atoms with Crippen LogP contribution in [0.5, 0.6) is 0 Å². The zero-order chi connectivity index (χ0) is 22.7. The molecule has 0 radical (unpaired) electrons. The number of nitrogens with zero attached hydrogens (tertiary/aromatic N) is 1. The summed E-state index contributed by atoms with van der Waals surface area (Å²) in [6.45, 7) is 7.79. The standard InChI is InChI=1S/C28H61N3/c1-2-3-4-5-6-7-8-9-10-11-12-13-14-15-17-21-26-31(28-23-20-25-30)27-22-18-16-19-24-29/h2-30H2,1H3. The molecule has 0 fully saturated rings. The molecule has 0 spiro atoms. The van der Waals surface area contributed by atoms with Crippen LogP contribution >= 0.6 is 0 Å². The van der Waals surface area contributed by atoms with Crippen LogP contribution < -0.4 is 11.5 Å². The summed E-state index contributed by atoms with van der Waals surface area (Å²) in [4.78, 5) is 2.70. The van der Waals surface area contributed by atoms with Crippen LogP contribution in [0.25, 0.3) is 0 Å². The molecule has 0 amide bonds. The van der Waals surface area contributed by atoms with Crippen molar-refractivity contribution in [2.24, 2.45) is 11.5 Å². The topological polar surface area (TPSA) is 55.3 Å². The van der Waals surface area contributed by atoms with E-state index in [4.69, 9.17) is 11.5 Å². The van der Waals surface area contributed by atoms with Crippen LogP contribution in [0.3, 0.4) is 0 Å². The second kappa shape index (κ2) is 27.9. The first-order valence-corrected chi connectivity index (χ1v) is 14.5. The Bertz CT molecular complexity index is 309. The van der Waals surface area contributed by atoms with E-state index >= 15 is 0 Å². The van der Waals surface area contributed by atoms with Crippen LogP contribution in [0.4, 0.5) is 0 Å². The normalized spacial score (nSPS) is 11.6. The van der Waals surface area contributed by atoms with Crippen LogP contribution in [0, 0.1) is 0 Å². The summed E-state index contributed by atoms with van der Waals surface area (Å²) < 4.78 is 0. The Morgan fingerprint density at radius 1 is 0.355 bits per heavy atom. The van der Waals surface area contributed by atoms with Crippen molar-refractivity contribution >= 4 is 0 Å². The van der Waals surface area contributed by atoms with Crippen molar-refractivity contribution in [3.63, 3.8) is 0 Å². The lowest BCUT2D eigenvalue weighted by atomic mass is 10.0. The van der Waals surface area contributed by atoms with Crippen molar-refractivity contribution in [3.8, 4) is 0 Å². The van der Waals surface area contributed by atoms with Gasteiger partial charge in [0.1, 0.15) is 0 Å². The Kier molecular flexibility index (Phi) is 27.8. The molecule has 0 rings (SSSR count). The largest absolute Gasteiger partial charge is 0.330 e. The lowest BCUT2D eigenvalue weighted by Crippen LogP contribution is -2.27. The van der Waals surface area contributed by atoms with E-state index in [1.54, 1.807) is 0 Å². The SMILES string of the molecule is CCCCCCCCCCCCCCCCCCN(CCCCN)CCCCCCN. The van der Waals surface area contributed by atoms with E-state index in [9.17, 15) is 0 Å². The van der Waals surface area contributed by atoms with Crippen LogP contribution in [0.1, 0.15) is 148 Å². The van der Waals surface area contributed by atoms with E-state index in [2.05, 4.69) is 11.8 Å². The maximum Gasteiger partial charge on any atom is -0.00183 e. The van der Waals surface area contributed by atoms with Gasteiger partial charge in [0.15, 0.2) is 0 Å². The van der Waals surface area contributed by atoms with Crippen molar-refractivity contribution in [3.05, 3.63) is 0 Å². The van der Waals surface area contributed by atoms with Crippen LogP contribution in [-0.4, -0.2) is 37.6 Å². The molecule has 4 N–H and O–H groups in total. The first kappa shape index (κ1) is 30.9. The minimum atomic E-state index is 0.837. The van der Waals surface area contributed by atoms with Crippen molar-refractivity contribution in [1.29, 1.82) is 0 Å². The third-order valence-electron chi connectivity index (χ3n) is 6.68. The smallest absolute Gasteiger partial charge is 0.00183 e. The molecule has 0 aromatic carbocycles. The zero-order valence-corrected chi connectivity index (χ0v) is 21.7. The van der Waals surface area contributed by atoms with Gasteiger partial charge in [-0.05, 0) is 64.8 Å². The Hall–Kier alpha value is -0.120. The van der Waals surface area contributed by atoms with Crippen LogP contribution in [0.2, 0.25) is 0 Å². The minimum absolute atomic E-state index is 0.837. The maximum atomic E-state index is 5.68. The minimum Gasteiger partial charge on any atom is -0.330 e. The van der Waals surface area contributed by atoms with Crippen molar-refractivity contribution in [2.45, 2.75) is 148 Å². The summed E-state index contributed by atoms with van der Waals surface area (Å²) in [5.74, 6) is 0. The summed E-state index contributed by atoms with van der Waals surface area (Å²) >= 11 is 0. The average molecular weight is 440 g/mol. The van der Waals surface area contributed by atoms with E-state index in [0.29, 0.717) is 0 Å². The average Bonchev–Trinajstić information content (AvgIpc) is 2.78. The van der Waals surface area contributed by atoms with Gasteiger partial charge >= 0.3 is 0 Å². The first-order valence-electron chi connectivity index (χ1n) is 14.5. The monoisotopic (exact) mass is 439 g/mol. The van der Waals surface area contributed by atoms with Gasteiger partial charge < -0.3 is 16.4 Å². The third-order valence-corrected chi connectivity index (χ3v) is 6.68. The second-order valence-corrected chi connectivity index (χ2v) is 9.84. The van der Waals surface area contributed by atoms with Gasteiger partial charge in [-0.3, -0.25) is 0 Å². The predicted octanol–water partition coefficient (Wildman–Crippen LogP) is 7.81. The van der Waals surface area contributed by atoms with Gasteiger partial charge in [0.05, 0.1) is 0 Å². The summed E-state index contributed by atoms with van der Waals surface area (Å²) in [5, 5.41) is 0. The summed E-state index contributed by atoms with van der Waals surface area (Å²) in [6, 6.07) is 0. The van der Waals surface area contributed by atoms with E-state index in [1.165, 1.54) is 161 Å².